The van der Waals surface area contributed by atoms with Crippen LogP contribution < -0.4 is 0 Å². The van der Waals surface area contributed by atoms with Crippen molar-refractivity contribution in [2.45, 2.75) is 43.3 Å². The number of aliphatic hydroxyl groups is 1. The predicted octanol–water partition coefficient (Wildman–Crippen LogP) is 4.18. The zero-order valence-corrected chi connectivity index (χ0v) is 16.5. The minimum absolute atomic E-state index is 0.197. The van der Waals surface area contributed by atoms with Gasteiger partial charge in [-0.25, -0.2) is 0 Å². The van der Waals surface area contributed by atoms with Crippen molar-refractivity contribution in [3.05, 3.63) is 80.5 Å². The Morgan fingerprint density at radius 3 is 1.84 bits per heavy atom. The van der Waals surface area contributed by atoms with E-state index in [0.717, 1.165) is 5.56 Å². The summed E-state index contributed by atoms with van der Waals surface area (Å²) in [6.45, 7) is 0.197. The Morgan fingerprint density at radius 1 is 0.719 bits per heavy atom. The molecule has 12 nitrogen and oxygen atoms in total. The van der Waals surface area contributed by atoms with Crippen LogP contribution in [0, 0.1) is 0 Å². The number of azide groups is 2. The van der Waals surface area contributed by atoms with Gasteiger partial charge in [-0.1, -0.05) is 58.8 Å². The molecule has 0 amide bonds. The first-order valence-electron chi connectivity index (χ1n) is 9.88. The Labute approximate surface area is 181 Å². The summed E-state index contributed by atoms with van der Waals surface area (Å²) in [7, 11) is 0. The number of fused-ring (bicyclic) bond motifs is 3. The lowest BCUT2D eigenvalue weighted by atomic mass is 9.98. The second kappa shape index (κ2) is 8.75. The molecule has 164 valence electrons. The molecule has 1 N–H and O–H groups in total. The average Bonchev–Trinajstić information content (AvgIpc) is 3.27. The number of hydrogen-bond acceptors (Lipinski definition) is 8. The van der Waals surface area contributed by atoms with E-state index in [1.54, 1.807) is 48.5 Å². The standard InChI is InChI=1S/C20H18N6O6/c21-25-23-12-5-1-10(2-6-12)19-28-9-14-15(30-19)16-17(18(27)29-14)32-20(31-16)11-3-7-13(8-4-11)24-26-22/h1-8,14-20,27H,9H2. The van der Waals surface area contributed by atoms with E-state index in [9.17, 15) is 5.11 Å². The van der Waals surface area contributed by atoms with Crippen molar-refractivity contribution in [2.75, 3.05) is 6.61 Å². The minimum Gasteiger partial charge on any atom is -0.366 e. The quantitative estimate of drug-likeness (QED) is 0.427. The molecular formula is C20H18N6O6. The Morgan fingerprint density at radius 2 is 1.25 bits per heavy atom. The topological polar surface area (TPSA) is 164 Å². The fourth-order valence-electron chi connectivity index (χ4n) is 4.01. The normalized spacial score (nSPS) is 33.3. The summed E-state index contributed by atoms with van der Waals surface area (Å²) in [6, 6.07) is 13.6. The highest BCUT2D eigenvalue weighted by atomic mass is 16.8. The summed E-state index contributed by atoms with van der Waals surface area (Å²) in [5.41, 5.74) is 19.5. The van der Waals surface area contributed by atoms with Crippen LogP contribution in [0.25, 0.3) is 20.9 Å². The van der Waals surface area contributed by atoms with Crippen LogP contribution in [0.3, 0.4) is 0 Å². The Kier molecular flexibility index (Phi) is 5.66. The molecule has 3 heterocycles. The molecule has 0 radical (unpaired) electrons. The van der Waals surface area contributed by atoms with Crippen LogP contribution in [0.2, 0.25) is 0 Å². The zero-order valence-electron chi connectivity index (χ0n) is 16.5. The molecule has 7 atom stereocenters. The maximum absolute atomic E-state index is 10.4. The van der Waals surface area contributed by atoms with Crippen molar-refractivity contribution >= 4 is 11.4 Å². The molecule has 5 rings (SSSR count). The van der Waals surface area contributed by atoms with E-state index in [0.29, 0.717) is 16.9 Å². The van der Waals surface area contributed by atoms with Crippen LogP contribution in [-0.2, 0) is 23.7 Å². The van der Waals surface area contributed by atoms with Crippen molar-refractivity contribution in [3.8, 4) is 0 Å². The molecule has 32 heavy (non-hydrogen) atoms. The Hall–Kier alpha value is -3.18. The lowest BCUT2D eigenvalue weighted by molar-refractivity contribution is -0.340. The molecule has 0 aromatic heterocycles. The van der Waals surface area contributed by atoms with Gasteiger partial charge in [0.2, 0.25) is 0 Å². The molecule has 3 saturated heterocycles. The second-order valence-electron chi connectivity index (χ2n) is 7.43. The van der Waals surface area contributed by atoms with Gasteiger partial charge in [-0.05, 0) is 11.1 Å². The Balaban J connectivity index is 1.33. The molecule has 7 unspecified atom stereocenters. The van der Waals surface area contributed by atoms with Gasteiger partial charge in [-0.2, -0.15) is 0 Å². The number of aliphatic hydroxyl groups excluding tert-OH is 1. The van der Waals surface area contributed by atoms with Crippen molar-refractivity contribution < 1.29 is 28.8 Å². The number of nitrogens with zero attached hydrogens (tertiary/aromatic N) is 6. The maximum atomic E-state index is 10.4. The molecule has 12 heteroatoms. The Bertz CT molecular complexity index is 1070. The number of rotatable bonds is 4. The highest BCUT2D eigenvalue weighted by molar-refractivity contribution is 5.40. The van der Waals surface area contributed by atoms with Gasteiger partial charge >= 0.3 is 0 Å². The molecule has 3 aliphatic heterocycles. The monoisotopic (exact) mass is 438 g/mol. The zero-order chi connectivity index (χ0) is 22.1. The van der Waals surface area contributed by atoms with Crippen LogP contribution in [-0.4, -0.2) is 42.4 Å². The smallest absolute Gasteiger partial charge is 0.185 e. The number of benzene rings is 2. The number of ether oxygens (including phenoxy) is 5. The first-order chi connectivity index (χ1) is 15.7. The third-order valence-electron chi connectivity index (χ3n) is 5.51. The highest BCUT2D eigenvalue weighted by Crippen LogP contribution is 2.43. The van der Waals surface area contributed by atoms with Crippen LogP contribution in [0.1, 0.15) is 23.7 Å². The SMILES string of the molecule is [N-]=[N+]=Nc1ccc(C2OCC3OC(O)C4OC(c5ccc(N=[N+]=[N-])cc5)OC4C3O2)cc1. The van der Waals surface area contributed by atoms with E-state index in [4.69, 9.17) is 34.7 Å². The third-order valence-corrected chi connectivity index (χ3v) is 5.51. The summed E-state index contributed by atoms with van der Waals surface area (Å²) < 4.78 is 29.6. The lowest BCUT2D eigenvalue weighted by Crippen LogP contribution is -2.60. The molecule has 3 fully saturated rings. The molecule has 0 spiro atoms. The van der Waals surface area contributed by atoms with Crippen LogP contribution in [0.5, 0.6) is 0 Å². The van der Waals surface area contributed by atoms with Crippen LogP contribution >= 0.6 is 0 Å². The predicted molar refractivity (Wildman–Crippen MR) is 107 cm³/mol. The van der Waals surface area contributed by atoms with E-state index in [-0.39, 0.29) is 6.61 Å². The van der Waals surface area contributed by atoms with Gasteiger partial charge in [0.25, 0.3) is 0 Å². The summed E-state index contributed by atoms with van der Waals surface area (Å²) >= 11 is 0. The largest absolute Gasteiger partial charge is 0.366 e. The van der Waals surface area contributed by atoms with Crippen LogP contribution in [0.15, 0.2) is 58.8 Å². The first-order valence-corrected chi connectivity index (χ1v) is 9.88. The van der Waals surface area contributed by atoms with E-state index in [1.165, 1.54) is 0 Å². The maximum Gasteiger partial charge on any atom is 0.185 e. The summed E-state index contributed by atoms with van der Waals surface area (Å²) in [5, 5.41) is 17.5. The van der Waals surface area contributed by atoms with Crippen LogP contribution in [0.4, 0.5) is 11.4 Å². The molecule has 0 bridgehead atoms. The molecule has 0 aliphatic carbocycles. The highest BCUT2D eigenvalue weighted by Gasteiger charge is 2.55. The van der Waals surface area contributed by atoms with Gasteiger partial charge < -0.3 is 28.8 Å². The molecular weight excluding hydrogens is 420 g/mol. The van der Waals surface area contributed by atoms with Gasteiger partial charge in [-0.15, -0.1) is 0 Å². The van der Waals surface area contributed by atoms with Gasteiger partial charge in [0.15, 0.2) is 18.9 Å². The van der Waals surface area contributed by atoms with E-state index < -0.39 is 43.3 Å². The average molecular weight is 438 g/mol. The minimum atomic E-state index is -1.19. The molecule has 2 aromatic carbocycles. The van der Waals surface area contributed by atoms with Crippen molar-refractivity contribution in [1.29, 1.82) is 0 Å². The lowest BCUT2D eigenvalue weighted by Gasteiger charge is -2.44. The van der Waals surface area contributed by atoms with E-state index in [1.807, 2.05) is 0 Å². The molecule has 0 saturated carbocycles. The van der Waals surface area contributed by atoms with E-state index >= 15 is 0 Å². The van der Waals surface area contributed by atoms with Crippen molar-refractivity contribution in [3.63, 3.8) is 0 Å². The fourth-order valence-corrected chi connectivity index (χ4v) is 4.01. The second-order valence-corrected chi connectivity index (χ2v) is 7.43. The molecule has 3 aliphatic rings. The van der Waals surface area contributed by atoms with E-state index in [2.05, 4.69) is 20.1 Å². The number of hydrogen-bond donors (Lipinski definition) is 1. The van der Waals surface area contributed by atoms with Gasteiger partial charge in [0.05, 0.1) is 6.61 Å². The van der Waals surface area contributed by atoms with Crippen molar-refractivity contribution in [2.24, 2.45) is 10.2 Å². The first kappa shape index (κ1) is 20.7. The van der Waals surface area contributed by atoms with Gasteiger partial charge in [0.1, 0.15) is 24.4 Å². The van der Waals surface area contributed by atoms with Crippen molar-refractivity contribution in [1.82, 2.24) is 0 Å². The van der Waals surface area contributed by atoms with Gasteiger partial charge in [0, 0.05) is 32.3 Å². The summed E-state index contributed by atoms with van der Waals surface area (Å²) in [6.07, 6.45) is -5.01. The summed E-state index contributed by atoms with van der Waals surface area (Å²) in [4.78, 5) is 5.52. The third kappa shape index (κ3) is 3.89. The molecule has 2 aromatic rings. The summed E-state index contributed by atoms with van der Waals surface area (Å²) in [5.74, 6) is 0. The van der Waals surface area contributed by atoms with Gasteiger partial charge in [-0.3, -0.25) is 0 Å². The fraction of sp³-hybridized carbons (Fsp3) is 0.400.